The summed E-state index contributed by atoms with van der Waals surface area (Å²) in [7, 11) is -1.43. The molecule has 0 fully saturated rings. The highest BCUT2D eigenvalue weighted by Gasteiger charge is 2.12. The van der Waals surface area contributed by atoms with E-state index in [2.05, 4.69) is 0 Å². The lowest BCUT2D eigenvalue weighted by Crippen LogP contribution is -2.27. The zero-order chi connectivity index (χ0) is 20.0. The molecule has 154 valence electrons. The molecule has 2 N–H and O–H groups in total. The maximum atomic E-state index is 11.8. The molecule has 0 radical (unpaired) electrons. The number of aliphatic hydroxyl groups excluding tert-OH is 1. The Morgan fingerprint density at radius 1 is 1.12 bits per heavy atom. The van der Waals surface area contributed by atoms with Crippen LogP contribution >= 0.6 is 11.8 Å². The summed E-state index contributed by atoms with van der Waals surface area (Å²) in [6.45, 7) is 2.85. The molecule has 0 bridgehead atoms. The SMILES string of the molecule is CC(O)C(=O)OCCSCCS(=O)(=O)CCOCCN(C)CCC(=O)O. The average Bonchev–Trinajstić information content (AvgIpc) is 2.55. The summed E-state index contributed by atoms with van der Waals surface area (Å²) in [6, 6.07) is 0. The maximum absolute atomic E-state index is 11.8. The van der Waals surface area contributed by atoms with E-state index in [1.54, 1.807) is 7.05 Å². The molecule has 1 unspecified atom stereocenters. The van der Waals surface area contributed by atoms with Crippen molar-refractivity contribution >= 4 is 33.5 Å². The Labute approximate surface area is 158 Å². The fourth-order valence-corrected chi connectivity index (χ4v) is 4.09. The Morgan fingerprint density at radius 2 is 1.81 bits per heavy atom. The summed E-state index contributed by atoms with van der Waals surface area (Å²) in [6.07, 6.45) is -1.10. The van der Waals surface area contributed by atoms with Crippen molar-refractivity contribution in [3.63, 3.8) is 0 Å². The van der Waals surface area contributed by atoms with Crippen LogP contribution in [0.25, 0.3) is 0 Å². The lowest BCUT2D eigenvalue weighted by Gasteiger charge is -2.15. The van der Waals surface area contributed by atoms with Crippen molar-refractivity contribution in [3.05, 3.63) is 0 Å². The van der Waals surface area contributed by atoms with E-state index in [9.17, 15) is 18.0 Å². The molecule has 0 amide bonds. The molecule has 0 rings (SSSR count). The van der Waals surface area contributed by atoms with E-state index in [1.807, 2.05) is 4.90 Å². The Bertz CT molecular complexity index is 510. The largest absolute Gasteiger partial charge is 0.481 e. The first-order chi connectivity index (χ1) is 12.1. The number of aliphatic carboxylic acids is 1. The van der Waals surface area contributed by atoms with Gasteiger partial charge in [0.1, 0.15) is 12.7 Å². The number of nitrogens with zero attached hydrogens (tertiary/aromatic N) is 1. The Morgan fingerprint density at radius 3 is 2.42 bits per heavy atom. The molecule has 0 aromatic rings. The molecule has 0 saturated heterocycles. The van der Waals surface area contributed by atoms with E-state index in [-0.39, 0.29) is 31.1 Å². The predicted molar refractivity (Wildman–Crippen MR) is 99.2 cm³/mol. The first kappa shape index (κ1) is 25.1. The normalized spacial score (nSPS) is 12.9. The van der Waals surface area contributed by atoms with Gasteiger partial charge in [0.25, 0.3) is 0 Å². The zero-order valence-corrected chi connectivity index (χ0v) is 16.9. The van der Waals surface area contributed by atoms with Gasteiger partial charge in [-0.05, 0) is 14.0 Å². The number of thioether (sulfide) groups is 1. The second kappa shape index (κ2) is 14.2. The highest BCUT2D eigenvalue weighted by atomic mass is 32.2. The van der Waals surface area contributed by atoms with Gasteiger partial charge in [-0.2, -0.15) is 11.8 Å². The lowest BCUT2D eigenvalue weighted by atomic mass is 10.4. The fourth-order valence-electron chi connectivity index (χ4n) is 1.62. The van der Waals surface area contributed by atoms with Crippen LogP contribution in [-0.2, 0) is 28.9 Å². The third-order valence-electron chi connectivity index (χ3n) is 3.22. The number of sulfone groups is 1. The first-order valence-electron chi connectivity index (χ1n) is 8.25. The molecule has 0 saturated carbocycles. The summed E-state index contributed by atoms with van der Waals surface area (Å²) in [4.78, 5) is 23.2. The Hall–Kier alpha value is -0.880. The highest BCUT2D eigenvalue weighted by Crippen LogP contribution is 2.03. The van der Waals surface area contributed by atoms with Gasteiger partial charge in [-0.1, -0.05) is 0 Å². The molecule has 0 aliphatic carbocycles. The molecule has 0 aliphatic heterocycles. The number of likely N-dealkylation sites (N-methyl/N-ethyl adjacent to an activating group) is 1. The van der Waals surface area contributed by atoms with Crippen molar-refractivity contribution in [2.75, 3.05) is 63.0 Å². The van der Waals surface area contributed by atoms with Gasteiger partial charge in [0.05, 0.1) is 31.1 Å². The van der Waals surface area contributed by atoms with Crippen LogP contribution in [0.15, 0.2) is 0 Å². The van der Waals surface area contributed by atoms with Gasteiger partial charge < -0.3 is 24.6 Å². The third-order valence-corrected chi connectivity index (χ3v) is 6.04. The fraction of sp³-hybridized carbons (Fsp3) is 0.867. The molecular formula is C15H29NO8S2. The Kier molecular flexibility index (Phi) is 13.7. The smallest absolute Gasteiger partial charge is 0.334 e. The quantitative estimate of drug-likeness (QED) is 0.251. The van der Waals surface area contributed by atoms with Crippen LogP contribution in [0.1, 0.15) is 13.3 Å². The second-order valence-electron chi connectivity index (χ2n) is 5.67. The third kappa shape index (κ3) is 15.4. The number of carboxylic acids is 1. The number of carbonyl (C=O) groups is 2. The topological polar surface area (TPSA) is 130 Å². The number of hydrogen-bond donors (Lipinski definition) is 2. The summed E-state index contributed by atoms with van der Waals surface area (Å²) < 4.78 is 33.7. The summed E-state index contributed by atoms with van der Waals surface area (Å²) in [5, 5.41) is 17.5. The van der Waals surface area contributed by atoms with Gasteiger partial charge in [-0.3, -0.25) is 4.79 Å². The van der Waals surface area contributed by atoms with Crippen molar-refractivity contribution in [2.24, 2.45) is 0 Å². The average molecular weight is 416 g/mol. The van der Waals surface area contributed by atoms with Crippen LogP contribution in [-0.4, -0.2) is 105 Å². The molecule has 0 aromatic heterocycles. The Balaban J connectivity index is 3.64. The van der Waals surface area contributed by atoms with Crippen molar-refractivity contribution in [3.8, 4) is 0 Å². The van der Waals surface area contributed by atoms with Gasteiger partial charge in [0, 0.05) is 24.6 Å². The number of ether oxygens (including phenoxy) is 2. The van der Waals surface area contributed by atoms with E-state index in [0.717, 1.165) is 0 Å². The standard InChI is InChI=1S/C15H29NO8S2/c1-13(17)15(20)24-7-9-25-10-12-26(21,22)11-8-23-6-5-16(2)4-3-14(18)19/h13,17H,3-12H2,1-2H3,(H,18,19). The van der Waals surface area contributed by atoms with E-state index < -0.39 is 27.9 Å². The minimum Gasteiger partial charge on any atom is -0.481 e. The minimum absolute atomic E-state index is 0.0177. The lowest BCUT2D eigenvalue weighted by molar-refractivity contribution is -0.151. The van der Waals surface area contributed by atoms with Gasteiger partial charge in [0.2, 0.25) is 0 Å². The number of aliphatic hydroxyl groups is 1. The molecule has 0 aromatic carbocycles. The van der Waals surface area contributed by atoms with Gasteiger partial charge in [-0.15, -0.1) is 0 Å². The molecule has 9 nitrogen and oxygen atoms in total. The number of carboxylic acid groups (broad SMARTS) is 1. The van der Waals surface area contributed by atoms with Crippen molar-refractivity contribution in [2.45, 2.75) is 19.4 Å². The van der Waals surface area contributed by atoms with Crippen molar-refractivity contribution in [1.29, 1.82) is 0 Å². The second-order valence-corrected chi connectivity index (χ2v) is 9.20. The number of hydrogen-bond acceptors (Lipinski definition) is 9. The van der Waals surface area contributed by atoms with Crippen LogP contribution in [0.5, 0.6) is 0 Å². The molecule has 11 heteroatoms. The van der Waals surface area contributed by atoms with Gasteiger partial charge >= 0.3 is 11.9 Å². The summed E-state index contributed by atoms with van der Waals surface area (Å²) in [5.41, 5.74) is 0. The van der Waals surface area contributed by atoms with E-state index >= 15 is 0 Å². The number of carbonyl (C=O) groups excluding carboxylic acids is 1. The molecule has 0 spiro atoms. The molecular weight excluding hydrogens is 386 g/mol. The van der Waals surface area contributed by atoms with Crippen LogP contribution in [0.2, 0.25) is 0 Å². The van der Waals surface area contributed by atoms with Crippen molar-refractivity contribution < 1.29 is 37.7 Å². The van der Waals surface area contributed by atoms with E-state index in [1.165, 1.54) is 18.7 Å². The van der Waals surface area contributed by atoms with E-state index in [0.29, 0.717) is 31.2 Å². The first-order valence-corrected chi connectivity index (χ1v) is 11.2. The van der Waals surface area contributed by atoms with Crippen LogP contribution in [0.4, 0.5) is 0 Å². The van der Waals surface area contributed by atoms with Gasteiger partial charge in [0.15, 0.2) is 9.84 Å². The zero-order valence-electron chi connectivity index (χ0n) is 15.3. The van der Waals surface area contributed by atoms with Crippen LogP contribution in [0.3, 0.4) is 0 Å². The van der Waals surface area contributed by atoms with Crippen LogP contribution < -0.4 is 0 Å². The monoisotopic (exact) mass is 415 g/mol. The van der Waals surface area contributed by atoms with E-state index in [4.69, 9.17) is 19.7 Å². The summed E-state index contributed by atoms with van der Waals surface area (Å²) in [5.74, 6) is -0.737. The molecule has 26 heavy (non-hydrogen) atoms. The highest BCUT2D eigenvalue weighted by molar-refractivity contribution is 8.00. The maximum Gasteiger partial charge on any atom is 0.334 e. The molecule has 0 heterocycles. The van der Waals surface area contributed by atoms with Crippen molar-refractivity contribution in [1.82, 2.24) is 4.90 Å². The number of rotatable bonds is 16. The van der Waals surface area contributed by atoms with Gasteiger partial charge in [-0.25, -0.2) is 13.2 Å². The predicted octanol–water partition coefficient (Wildman–Crippen LogP) is -0.518. The van der Waals surface area contributed by atoms with Crippen LogP contribution in [0, 0.1) is 0 Å². The number of esters is 1. The molecule has 0 aliphatic rings. The summed E-state index contributed by atoms with van der Waals surface area (Å²) >= 11 is 1.36. The molecule has 1 atom stereocenters. The minimum atomic E-state index is -3.21.